The molecule has 1 aromatic carbocycles. The van der Waals surface area contributed by atoms with Crippen molar-refractivity contribution in [3.05, 3.63) is 28.8 Å². The predicted molar refractivity (Wildman–Crippen MR) is 53.1 cm³/mol. The Morgan fingerprint density at radius 2 is 2.07 bits per heavy atom. The van der Waals surface area contributed by atoms with E-state index in [0.29, 0.717) is 11.3 Å². The maximum Gasteiger partial charge on any atom is 0.409 e. The maximum atomic E-state index is 11.0. The Balaban J connectivity index is 3.00. The fourth-order valence-corrected chi connectivity index (χ4v) is 1.32. The fraction of sp³-hybridized carbons (Fsp3) is 0.111. The second-order valence-electron chi connectivity index (χ2n) is 2.68. The third-order valence-corrected chi connectivity index (χ3v) is 1.91. The summed E-state index contributed by atoms with van der Waals surface area (Å²) >= 11 is 5.75. The summed E-state index contributed by atoms with van der Waals surface area (Å²) in [5.41, 5.74) is 0.718. The van der Waals surface area contributed by atoms with Gasteiger partial charge in [-0.25, -0.2) is 4.79 Å². The summed E-state index contributed by atoms with van der Waals surface area (Å²) in [5.74, 6) is -0.156. The highest BCUT2D eigenvalue weighted by Crippen LogP contribution is 2.21. The standard InChI is InChI=1S/C9H8ClNO3/c1-5(12)7-3-2-6(4-8(7)10)11-9(13)14/h2-4,11H,1H3,(H,13,14). The van der Waals surface area contributed by atoms with Crippen molar-refractivity contribution in [1.29, 1.82) is 0 Å². The first-order valence-electron chi connectivity index (χ1n) is 3.81. The number of benzene rings is 1. The average Bonchev–Trinajstić information content (AvgIpc) is 2.01. The highest BCUT2D eigenvalue weighted by atomic mass is 35.5. The molecule has 0 bridgehead atoms. The molecule has 0 radical (unpaired) electrons. The summed E-state index contributed by atoms with van der Waals surface area (Å²) in [5, 5.41) is 10.8. The summed E-state index contributed by atoms with van der Waals surface area (Å²) in [7, 11) is 0. The van der Waals surface area contributed by atoms with Crippen LogP contribution in [0.15, 0.2) is 18.2 Å². The van der Waals surface area contributed by atoms with Crippen LogP contribution in [0.4, 0.5) is 10.5 Å². The Hall–Kier alpha value is -1.55. The van der Waals surface area contributed by atoms with Gasteiger partial charge in [-0.1, -0.05) is 11.6 Å². The first-order chi connectivity index (χ1) is 6.50. The van der Waals surface area contributed by atoms with E-state index in [1.165, 1.54) is 25.1 Å². The second kappa shape index (κ2) is 4.11. The first kappa shape index (κ1) is 10.5. The third-order valence-electron chi connectivity index (χ3n) is 1.60. The number of anilines is 1. The lowest BCUT2D eigenvalue weighted by molar-refractivity contribution is 0.101. The second-order valence-corrected chi connectivity index (χ2v) is 3.09. The van der Waals surface area contributed by atoms with Gasteiger partial charge < -0.3 is 5.11 Å². The van der Waals surface area contributed by atoms with Crippen molar-refractivity contribution in [3.63, 3.8) is 0 Å². The molecule has 0 aliphatic carbocycles. The Bertz CT molecular complexity index is 390. The van der Waals surface area contributed by atoms with E-state index in [0.717, 1.165) is 0 Å². The van der Waals surface area contributed by atoms with E-state index in [4.69, 9.17) is 16.7 Å². The number of carbonyl (C=O) groups excluding carboxylic acids is 1. The molecule has 4 nitrogen and oxygen atoms in total. The first-order valence-corrected chi connectivity index (χ1v) is 4.19. The molecule has 0 atom stereocenters. The van der Waals surface area contributed by atoms with Crippen molar-refractivity contribution in [2.75, 3.05) is 5.32 Å². The van der Waals surface area contributed by atoms with Crippen molar-refractivity contribution < 1.29 is 14.7 Å². The summed E-state index contributed by atoms with van der Waals surface area (Å²) in [6.45, 7) is 1.39. The van der Waals surface area contributed by atoms with Crippen LogP contribution in [0.5, 0.6) is 0 Å². The van der Waals surface area contributed by atoms with Gasteiger partial charge in [0.05, 0.1) is 5.02 Å². The monoisotopic (exact) mass is 213 g/mol. The lowest BCUT2D eigenvalue weighted by Crippen LogP contribution is -2.07. The van der Waals surface area contributed by atoms with E-state index in [1.54, 1.807) is 0 Å². The number of hydrogen-bond donors (Lipinski definition) is 2. The molecule has 0 aliphatic heterocycles. The molecule has 0 saturated carbocycles. The molecule has 0 unspecified atom stereocenters. The zero-order chi connectivity index (χ0) is 10.7. The molecule has 0 saturated heterocycles. The van der Waals surface area contributed by atoms with E-state index in [9.17, 15) is 9.59 Å². The quantitative estimate of drug-likeness (QED) is 0.743. The van der Waals surface area contributed by atoms with Gasteiger partial charge in [-0.2, -0.15) is 0 Å². The normalized spacial score (nSPS) is 9.57. The average molecular weight is 214 g/mol. The Morgan fingerprint density at radius 3 is 2.50 bits per heavy atom. The van der Waals surface area contributed by atoms with Crippen molar-refractivity contribution in [3.8, 4) is 0 Å². The summed E-state index contributed by atoms with van der Waals surface area (Å²) < 4.78 is 0. The van der Waals surface area contributed by atoms with Gasteiger partial charge in [0.15, 0.2) is 5.78 Å². The SMILES string of the molecule is CC(=O)c1ccc(NC(=O)O)cc1Cl. The maximum absolute atomic E-state index is 11.0. The van der Waals surface area contributed by atoms with Crippen LogP contribution in [0.1, 0.15) is 17.3 Å². The van der Waals surface area contributed by atoms with Crippen molar-refractivity contribution >= 4 is 29.2 Å². The number of rotatable bonds is 2. The van der Waals surface area contributed by atoms with Gasteiger partial charge in [0.1, 0.15) is 0 Å². The van der Waals surface area contributed by atoms with Crippen molar-refractivity contribution in [1.82, 2.24) is 0 Å². The molecule has 1 aromatic rings. The number of Topliss-reactive ketones (excluding diaryl/α,β-unsaturated/α-hetero) is 1. The smallest absolute Gasteiger partial charge is 0.409 e. The van der Waals surface area contributed by atoms with Gasteiger partial charge in [0, 0.05) is 11.3 Å². The van der Waals surface area contributed by atoms with Gasteiger partial charge >= 0.3 is 6.09 Å². The number of nitrogens with one attached hydrogen (secondary N) is 1. The molecule has 0 spiro atoms. The van der Waals surface area contributed by atoms with Crippen LogP contribution < -0.4 is 5.32 Å². The van der Waals surface area contributed by atoms with Crippen LogP contribution in [-0.2, 0) is 0 Å². The molecule has 0 heterocycles. The van der Waals surface area contributed by atoms with Crippen LogP contribution in [0, 0.1) is 0 Å². The lowest BCUT2D eigenvalue weighted by atomic mass is 10.1. The van der Waals surface area contributed by atoms with Crippen LogP contribution in [0.25, 0.3) is 0 Å². The number of carboxylic acid groups (broad SMARTS) is 1. The number of carbonyl (C=O) groups is 2. The van der Waals surface area contributed by atoms with Crippen molar-refractivity contribution in [2.24, 2.45) is 0 Å². The van der Waals surface area contributed by atoms with Gasteiger partial charge in [0.2, 0.25) is 0 Å². The molecule has 0 fully saturated rings. The summed E-state index contributed by atoms with van der Waals surface area (Å²) in [6.07, 6.45) is -1.17. The third kappa shape index (κ3) is 2.47. The van der Waals surface area contributed by atoms with Crippen LogP contribution in [-0.4, -0.2) is 17.0 Å². The molecule has 0 aliphatic rings. The van der Waals surface area contributed by atoms with Crippen LogP contribution in [0.2, 0.25) is 5.02 Å². The van der Waals surface area contributed by atoms with Gasteiger partial charge in [-0.05, 0) is 25.1 Å². The van der Waals surface area contributed by atoms with E-state index in [-0.39, 0.29) is 10.8 Å². The number of hydrogen-bond acceptors (Lipinski definition) is 2. The molecule has 2 N–H and O–H groups in total. The Labute approximate surface area is 85.5 Å². The molecule has 74 valence electrons. The minimum absolute atomic E-state index is 0.156. The van der Waals surface area contributed by atoms with E-state index in [2.05, 4.69) is 5.32 Å². The number of ketones is 1. The minimum atomic E-state index is -1.17. The lowest BCUT2D eigenvalue weighted by Gasteiger charge is -2.03. The molecular formula is C9H8ClNO3. The Kier molecular flexibility index (Phi) is 3.09. The fourth-order valence-electron chi connectivity index (χ4n) is 1.00. The molecule has 5 heteroatoms. The molecule has 1 rings (SSSR count). The van der Waals surface area contributed by atoms with E-state index in [1.807, 2.05) is 0 Å². The van der Waals surface area contributed by atoms with Crippen LogP contribution >= 0.6 is 11.6 Å². The van der Waals surface area contributed by atoms with Gasteiger partial charge in [-0.3, -0.25) is 10.1 Å². The van der Waals surface area contributed by atoms with Gasteiger partial charge in [-0.15, -0.1) is 0 Å². The predicted octanol–water partition coefficient (Wildman–Crippen LogP) is 2.63. The Morgan fingerprint density at radius 1 is 1.43 bits per heavy atom. The molecule has 1 amide bonds. The zero-order valence-electron chi connectivity index (χ0n) is 7.37. The van der Waals surface area contributed by atoms with Gasteiger partial charge in [0.25, 0.3) is 0 Å². The van der Waals surface area contributed by atoms with E-state index >= 15 is 0 Å². The van der Waals surface area contributed by atoms with Crippen molar-refractivity contribution in [2.45, 2.75) is 6.92 Å². The number of halogens is 1. The highest BCUT2D eigenvalue weighted by Gasteiger charge is 2.06. The zero-order valence-corrected chi connectivity index (χ0v) is 8.13. The van der Waals surface area contributed by atoms with Crippen LogP contribution in [0.3, 0.4) is 0 Å². The molecular weight excluding hydrogens is 206 g/mol. The van der Waals surface area contributed by atoms with E-state index < -0.39 is 6.09 Å². The largest absolute Gasteiger partial charge is 0.465 e. The topological polar surface area (TPSA) is 66.4 Å². The summed E-state index contributed by atoms with van der Waals surface area (Å²) in [6, 6.07) is 4.36. The number of amides is 1. The molecule has 14 heavy (non-hydrogen) atoms. The summed E-state index contributed by atoms with van der Waals surface area (Å²) in [4.78, 5) is 21.3. The molecule has 0 aromatic heterocycles. The highest BCUT2D eigenvalue weighted by molar-refractivity contribution is 6.34. The minimum Gasteiger partial charge on any atom is -0.465 e.